The number of para-hydroxylation sites is 1. The number of hydrogen-bond acceptors (Lipinski definition) is 4. The molecule has 0 fully saturated rings. The highest BCUT2D eigenvalue weighted by Crippen LogP contribution is 2.33. The van der Waals surface area contributed by atoms with Crippen molar-refractivity contribution in [1.29, 1.82) is 0 Å². The average Bonchev–Trinajstić information content (AvgIpc) is 2.79. The van der Waals surface area contributed by atoms with Gasteiger partial charge in [-0.1, -0.05) is 48.5 Å². The molecular formula is C24H20N4O2. The second-order valence-electron chi connectivity index (χ2n) is 6.83. The fraction of sp³-hybridized carbons (Fsp3) is 0.0833. The molecule has 6 heteroatoms. The SMILES string of the molecule is Cc1ccccc1N(C(=O)CNC(=O)c1ccccc1)c1cccc2cnncc12. The molecule has 3 aromatic carbocycles. The summed E-state index contributed by atoms with van der Waals surface area (Å²) in [4.78, 5) is 27.4. The topological polar surface area (TPSA) is 75.2 Å². The van der Waals surface area contributed by atoms with E-state index in [0.29, 0.717) is 11.3 Å². The second-order valence-corrected chi connectivity index (χ2v) is 6.83. The Morgan fingerprint density at radius 3 is 2.33 bits per heavy atom. The fourth-order valence-electron chi connectivity index (χ4n) is 3.34. The number of benzene rings is 3. The third-order valence-corrected chi connectivity index (χ3v) is 4.85. The van der Waals surface area contributed by atoms with Crippen molar-refractivity contribution >= 4 is 34.0 Å². The van der Waals surface area contributed by atoms with Crippen molar-refractivity contribution in [2.75, 3.05) is 11.4 Å². The van der Waals surface area contributed by atoms with E-state index in [1.807, 2.05) is 55.5 Å². The lowest BCUT2D eigenvalue weighted by Crippen LogP contribution is -2.38. The van der Waals surface area contributed by atoms with Crippen LogP contribution in [0.5, 0.6) is 0 Å². The molecule has 1 aromatic heterocycles. The van der Waals surface area contributed by atoms with E-state index < -0.39 is 0 Å². The van der Waals surface area contributed by atoms with Crippen molar-refractivity contribution in [3.05, 3.63) is 96.3 Å². The summed E-state index contributed by atoms with van der Waals surface area (Å²) in [6.07, 6.45) is 3.31. The van der Waals surface area contributed by atoms with Crippen LogP contribution in [0.2, 0.25) is 0 Å². The molecule has 0 aliphatic heterocycles. The van der Waals surface area contributed by atoms with Crippen molar-refractivity contribution in [3.8, 4) is 0 Å². The normalized spacial score (nSPS) is 10.6. The monoisotopic (exact) mass is 396 g/mol. The summed E-state index contributed by atoms with van der Waals surface area (Å²) >= 11 is 0. The summed E-state index contributed by atoms with van der Waals surface area (Å²) in [7, 11) is 0. The van der Waals surface area contributed by atoms with Crippen LogP contribution in [0, 0.1) is 6.92 Å². The van der Waals surface area contributed by atoms with E-state index in [1.165, 1.54) is 0 Å². The van der Waals surface area contributed by atoms with Gasteiger partial charge in [0.25, 0.3) is 11.8 Å². The van der Waals surface area contributed by atoms with Crippen LogP contribution in [0.3, 0.4) is 0 Å². The molecule has 148 valence electrons. The fourth-order valence-corrected chi connectivity index (χ4v) is 3.34. The minimum atomic E-state index is -0.294. The second kappa shape index (κ2) is 8.53. The number of fused-ring (bicyclic) bond motifs is 1. The van der Waals surface area contributed by atoms with Gasteiger partial charge in [0.1, 0.15) is 0 Å². The van der Waals surface area contributed by atoms with Crippen LogP contribution in [0.1, 0.15) is 15.9 Å². The standard InChI is InChI=1S/C24H20N4O2/c1-17-8-5-6-12-21(17)28(22-13-7-11-19-14-26-27-15-20(19)22)23(29)16-25-24(30)18-9-3-2-4-10-18/h2-15H,16H2,1H3,(H,25,30). The number of nitrogens with one attached hydrogen (secondary N) is 1. The van der Waals surface area contributed by atoms with E-state index in [9.17, 15) is 9.59 Å². The number of nitrogens with zero attached hydrogens (tertiary/aromatic N) is 3. The Morgan fingerprint density at radius 2 is 1.53 bits per heavy atom. The first-order chi connectivity index (χ1) is 14.6. The summed E-state index contributed by atoms with van der Waals surface area (Å²) in [5.41, 5.74) is 2.89. The molecule has 0 aliphatic carbocycles. The Morgan fingerprint density at radius 1 is 0.833 bits per heavy atom. The maximum absolute atomic E-state index is 13.4. The summed E-state index contributed by atoms with van der Waals surface area (Å²) in [5.74, 6) is -0.546. The molecule has 0 radical (unpaired) electrons. The zero-order chi connectivity index (χ0) is 20.9. The van der Waals surface area contributed by atoms with Crippen LogP contribution in [0.25, 0.3) is 10.8 Å². The van der Waals surface area contributed by atoms with Gasteiger partial charge in [0.15, 0.2) is 0 Å². The molecule has 0 spiro atoms. The van der Waals surface area contributed by atoms with Crippen molar-refractivity contribution in [2.24, 2.45) is 0 Å². The maximum atomic E-state index is 13.4. The molecule has 0 aliphatic rings. The van der Waals surface area contributed by atoms with Gasteiger partial charge in [0.2, 0.25) is 0 Å². The van der Waals surface area contributed by atoms with Gasteiger partial charge in [-0.05, 0) is 36.8 Å². The summed E-state index contributed by atoms with van der Waals surface area (Å²) in [6, 6.07) is 22.1. The molecule has 0 atom stereocenters. The van der Waals surface area contributed by atoms with Gasteiger partial charge in [-0.25, -0.2) is 0 Å². The molecule has 0 saturated heterocycles. The predicted octanol–water partition coefficient (Wildman–Crippen LogP) is 4.03. The van der Waals surface area contributed by atoms with Gasteiger partial charge in [-0.2, -0.15) is 10.2 Å². The number of hydrogen-bond donors (Lipinski definition) is 1. The molecule has 4 aromatic rings. The maximum Gasteiger partial charge on any atom is 0.251 e. The largest absolute Gasteiger partial charge is 0.343 e. The van der Waals surface area contributed by atoms with Crippen LogP contribution < -0.4 is 10.2 Å². The Bertz CT molecular complexity index is 1200. The van der Waals surface area contributed by atoms with Crippen LogP contribution in [0.15, 0.2) is 85.2 Å². The van der Waals surface area contributed by atoms with Crippen LogP contribution in [-0.2, 0) is 4.79 Å². The lowest BCUT2D eigenvalue weighted by Gasteiger charge is -2.26. The Kier molecular flexibility index (Phi) is 5.48. The third-order valence-electron chi connectivity index (χ3n) is 4.85. The lowest BCUT2D eigenvalue weighted by atomic mass is 10.1. The summed E-state index contributed by atoms with van der Waals surface area (Å²) in [5, 5.41) is 12.3. The van der Waals surface area contributed by atoms with E-state index in [-0.39, 0.29) is 18.4 Å². The number of carbonyl (C=O) groups is 2. The van der Waals surface area contributed by atoms with E-state index in [1.54, 1.807) is 41.6 Å². The molecule has 1 N–H and O–H groups in total. The van der Waals surface area contributed by atoms with Crippen LogP contribution in [-0.4, -0.2) is 28.6 Å². The molecule has 1 heterocycles. The van der Waals surface area contributed by atoms with E-state index in [4.69, 9.17) is 0 Å². The molecule has 0 bridgehead atoms. The number of carbonyl (C=O) groups excluding carboxylic acids is 2. The van der Waals surface area contributed by atoms with E-state index in [2.05, 4.69) is 15.5 Å². The summed E-state index contributed by atoms with van der Waals surface area (Å²) < 4.78 is 0. The minimum absolute atomic E-state index is 0.142. The third kappa shape index (κ3) is 3.89. The first-order valence-corrected chi connectivity index (χ1v) is 9.56. The highest BCUT2D eigenvalue weighted by Gasteiger charge is 2.22. The van der Waals surface area contributed by atoms with Gasteiger partial charge < -0.3 is 5.32 Å². The number of aryl methyl sites for hydroxylation is 1. The predicted molar refractivity (Wildman–Crippen MR) is 117 cm³/mol. The molecule has 2 amide bonds. The molecular weight excluding hydrogens is 376 g/mol. The van der Waals surface area contributed by atoms with Gasteiger partial charge in [-0.3, -0.25) is 14.5 Å². The highest BCUT2D eigenvalue weighted by atomic mass is 16.2. The first-order valence-electron chi connectivity index (χ1n) is 9.56. The van der Waals surface area contributed by atoms with Crippen molar-refractivity contribution in [2.45, 2.75) is 6.92 Å². The first kappa shape index (κ1) is 19.3. The molecule has 4 rings (SSSR count). The number of aromatic nitrogens is 2. The minimum Gasteiger partial charge on any atom is -0.343 e. The zero-order valence-electron chi connectivity index (χ0n) is 16.4. The van der Waals surface area contributed by atoms with Crippen LogP contribution in [0.4, 0.5) is 11.4 Å². The summed E-state index contributed by atoms with van der Waals surface area (Å²) in [6.45, 7) is 1.81. The number of anilines is 2. The van der Waals surface area contributed by atoms with Gasteiger partial charge in [0.05, 0.1) is 30.3 Å². The van der Waals surface area contributed by atoms with Gasteiger partial charge in [0, 0.05) is 16.3 Å². The Labute approximate surface area is 174 Å². The van der Waals surface area contributed by atoms with Crippen molar-refractivity contribution < 1.29 is 9.59 Å². The number of rotatable bonds is 5. The van der Waals surface area contributed by atoms with Crippen molar-refractivity contribution in [3.63, 3.8) is 0 Å². The lowest BCUT2D eigenvalue weighted by molar-refractivity contribution is -0.117. The Balaban J connectivity index is 1.70. The average molecular weight is 396 g/mol. The van der Waals surface area contributed by atoms with E-state index >= 15 is 0 Å². The van der Waals surface area contributed by atoms with E-state index in [0.717, 1.165) is 22.0 Å². The van der Waals surface area contributed by atoms with Gasteiger partial charge in [-0.15, -0.1) is 0 Å². The highest BCUT2D eigenvalue weighted by molar-refractivity contribution is 6.10. The molecule has 30 heavy (non-hydrogen) atoms. The molecule has 0 unspecified atom stereocenters. The quantitative estimate of drug-likeness (QED) is 0.553. The molecule has 6 nitrogen and oxygen atoms in total. The smallest absolute Gasteiger partial charge is 0.251 e. The van der Waals surface area contributed by atoms with Crippen LogP contribution >= 0.6 is 0 Å². The Hall–Kier alpha value is -4.06. The molecule has 0 saturated carbocycles. The zero-order valence-corrected chi connectivity index (χ0v) is 16.4. The number of amides is 2. The van der Waals surface area contributed by atoms with Gasteiger partial charge >= 0.3 is 0 Å². The van der Waals surface area contributed by atoms with Crippen molar-refractivity contribution in [1.82, 2.24) is 15.5 Å².